The number of aliphatic hydroxyl groups excluding tert-OH is 1. The molecule has 1 unspecified atom stereocenters. The van der Waals surface area contributed by atoms with E-state index in [1.54, 1.807) is 6.20 Å². The number of nitrogens with zero attached hydrogens (tertiary/aromatic N) is 1. The van der Waals surface area contributed by atoms with Crippen LogP contribution in [0.4, 0.5) is 5.69 Å². The molecule has 2 amide bonds. The fraction of sp³-hybridized carbons (Fsp3) is 0.192. The molecule has 0 spiro atoms. The Kier molecular flexibility index (Phi) is 9.08. The van der Waals surface area contributed by atoms with Gasteiger partial charge in [-0.3, -0.25) is 19.8 Å². The summed E-state index contributed by atoms with van der Waals surface area (Å²) in [5.41, 5.74) is 6.17. The van der Waals surface area contributed by atoms with Crippen LogP contribution in [0.25, 0.3) is 16.8 Å². The standard InChI is InChI=1S/C26H29N5O4/c1-17(29-25(18(2)32)26(34)31-35)19-6-8-20(9-7-19)21-10-12-22(13-11-21)30-24(33)16-27-15-23-5-3-4-14-28-23/h3-14,18,25,27,29,32,35H,1,15-16H2,2H3,(H,30,33)(H,31,34)/t18-,25?/m1/s1. The molecular formula is C26H29N5O4. The second kappa shape index (κ2) is 12.4. The SMILES string of the molecule is C=C(NC(C(=O)NO)[C@@H](C)O)c1ccc(-c2ccc(NC(=O)CNCc3ccccn3)cc2)cc1. The van der Waals surface area contributed by atoms with E-state index in [-0.39, 0.29) is 12.5 Å². The highest BCUT2D eigenvalue weighted by Gasteiger charge is 2.23. The zero-order valence-electron chi connectivity index (χ0n) is 19.4. The number of carbonyl (C=O) groups excluding carboxylic acids is 2. The summed E-state index contributed by atoms with van der Waals surface area (Å²) in [6.07, 6.45) is 0.680. The van der Waals surface area contributed by atoms with Gasteiger partial charge in [0.1, 0.15) is 6.04 Å². The molecular weight excluding hydrogens is 446 g/mol. The third kappa shape index (κ3) is 7.47. The number of carbonyl (C=O) groups is 2. The first-order valence-corrected chi connectivity index (χ1v) is 11.1. The van der Waals surface area contributed by atoms with Crippen LogP contribution in [-0.4, -0.2) is 45.8 Å². The first kappa shape index (κ1) is 25.6. The largest absolute Gasteiger partial charge is 0.391 e. The van der Waals surface area contributed by atoms with E-state index >= 15 is 0 Å². The summed E-state index contributed by atoms with van der Waals surface area (Å²) in [5, 5.41) is 27.4. The summed E-state index contributed by atoms with van der Waals surface area (Å²) in [7, 11) is 0. The summed E-state index contributed by atoms with van der Waals surface area (Å²) in [5.74, 6) is -0.900. The summed E-state index contributed by atoms with van der Waals surface area (Å²) in [4.78, 5) is 28.1. The van der Waals surface area contributed by atoms with Crippen molar-refractivity contribution in [1.29, 1.82) is 0 Å². The molecule has 9 heteroatoms. The Balaban J connectivity index is 1.53. The lowest BCUT2D eigenvalue weighted by Crippen LogP contribution is -2.48. The average molecular weight is 476 g/mol. The molecule has 0 bridgehead atoms. The van der Waals surface area contributed by atoms with Gasteiger partial charge in [-0.05, 0) is 47.9 Å². The molecule has 3 aromatic rings. The minimum Gasteiger partial charge on any atom is -0.391 e. The highest BCUT2D eigenvalue weighted by molar-refractivity contribution is 5.92. The van der Waals surface area contributed by atoms with E-state index in [0.717, 1.165) is 22.4 Å². The molecule has 0 aliphatic rings. The Hall–Kier alpha value is -4.05. The Morgan fingerprint density at radius 1 is 1.00 bits per heavy atom. The van der Waals surface area contributed by atoms with Gasteiger partial charge in [-0.1, -0.05) is 49.0 Å². The van der Waals surface area contributed by atoms with Gasteiger partial charge in [-0.15, -0.1) is 0 Å². The molecule has 6 N–H and O–H groups in total. The molecule has 0 saturated carbocycles. The van der Waals surface area contributed by atoms with E-state index in [9.17, 15) is 14.7 Å². The highest BCUT2D eigenvalue weighted by atomic mass is 16.5. The molecule has 1 aromatic heterocycles. The minimum atomic E-state index is -1.04. The van der Waals surface area contributed by atoms with Crippen molar-refractivity contribution in [2.24, 2.45) is 0 Å². The molecule has 9 nitrogen and oxygen atoms in total. The Labute approximate surface area is 203 Å². The molecule has 3 rings (SSSR count). The highest BCUT2D eigenvalue weighted by Crippen LogP contribution is 2.23. The quantitative estimate of drug-likeness (QED) is 0.185. The van der Waals surface area contributed by atoms with Gasteiger partial charge >= 0.3 is 0 Å². The van der Waals surface area contributed by atoms with Crippen molar-refractivity contribution in [3.8, 4) is 11.1 Å². The van der Waals surface area contributed by atoms with Crippen LogP contribution in [-0.2, 0) is 16.1 Å². The normalized spacial score (nSPS) is 12.3. The maximum atomic E-state index is 12.2. The van der Waals surface area contributed by atoms with E-state index in [2.05, 4.69) is 27.5 Å². The van der Waals surface area contributed by atoms with Crippen molar-refractivity contribution < 1.29 is 19.9 Å². The van der Waals surface area contributed by atoms with Crippen LogP contribution < -0.4 is 21.4 Å². The lowest BCUT2D eigenvalue weighted by molar-refractivity contribution is -0.133. The van der Waals surface area contributed by atoms with Crippen molar-refractivity contribution in [3.05, 3.63) is 90.8 Å². The van der Waals surface area contributed by atoms with E-state index in [1.165, 1.54) is 12.4 Å². The van der Waals surface area contributed by atoms with Gasteiger partial charge in [-0.2, -0.15) is 0 Å². The topological polar surface area (TPSA) is 136 Å². The Bertz CT molecular complexity index is 1130. The van der Waals surface area contributed by atoms with E-state index in [4.69, 9.17) is 5.21 Å². The number of aromatic nitrogens is 1. The van der Waals surface area contributed by atoms with Crippen molar-refractivity contribution in [1.82, 2.24) is 21.1 Å². The molecule has 182 valence electrons. The third-order valence-electron chi connectivity index (χ3n) is 5.26. The van der Waals surface area contributed by atoms with Gasteiger partial charge in [0.15, 0.2) is 0 Å². The second-order valence-corrected chi connectivity index (χ2v) is 7.94. The van der Waals surface area contributed by atoms with Crippen LogP contribution in [0.2, 0.25) is 0 Å². The monoisotopic (exact) mass is 475 g/mol. The molecule has 1 heterocycles. The summed E-state index contributed by atoms with van der Waals surface area (Å²) in [6.45, 7) is 6.04. The third-order valence-corrected chi connectivity index (χ3v) is 5.26. The van der Waals surface area contributed by atoms with Crippen molar-refractivity contribution in [3.63, 3.8) is 0 Å². The second-order valence-electron chi connectivity index (χ2n) is 7.94. The van der Waals surface area contributed by atoms with Gasteiger partial charge in [0.05, 0.1) is 18.3 Å². The van der Waals surface area contributed by atoms with Crippen LogP contribution in [0.1, 0.15) is 18.2 Å². The molecule has 0 fully saturated rings. The number of nitrogens with one attached hydrogen (secondary N) is 4. The maximum Gasteiger partial charge on any atom is 0.268 e. The molecule has 35 heavy (non-hydrogen) atoms. The molecule has 2 aromatic carbocycles. The molecule has 0 radical (unpaired) electrons. The van der Waals surface area contributed by atoms with Crippen LogP contribution in [0.3, 0.4) is 0 Å². The molecule has 0 saturated heterocycles. The van der Waals surface area contributed by atoms with Gasteiger partial charge < -0.3 is 21.1 Å². The number of pyridine rings is 1. The summed E-state index contributed by atoms with van der Waals surface area (Å²) >= 11 is 0. The number of amides is 2. The zero-order chi connectivity index (χ0) is 25.2. The molecule has 2 atom stereocenters. The van der Waals surface area contributed by atoms with Crippen LogP contribution in [0.5, 0.6) is 0 Å². The van der Waals surface area contributed by atoms with E-state index in [1.807, 2.05) is 66.7 Å². The van der Waals surface area contributed by atoms with Gasteiger partial charge in [0, 0.05) is 24.1 Å². The fourth-order valence-corrected chi connectivity index (χ4v) is 3.37. The number of benzene rings is 2. The average Bonchev–Trinajstić information content (AvgIpc) is 2.87. The predicted molar refractivity (Wildman–Crippen MR) is 134 cm³/mol. The van der Waals surface area contributed by atoms with Crippen LogP contribution >= 0.6 is 0 Å². The van der Waals surface area contributed by atoms with Crippen LogP contribution in [0.15, 0.2) is 79.5 Å². The van der Waals surface area contributed by atoms with Gasteiger partial charge in [0.2, 0.25) is 5.91 Å². The first-order chi connectivity index (χ1) is 16.9. The van der Waals surface area contributed by atoms with Crippen LogP contribution in [0, 0.1) is 0 Å². The number of hydroxylamine groups is 1. The first-order valence-electron chi connectivity index (χ1n) is 11.1. The van der Waals surface area contributed by atoms with E-state index < -0.39 is 18.1 Å². The lowest BCUT2D eigenvalue weighted by atomic mass is 10.0. The van der Waals surface area contributed by atoms with Gasteiger partial charge in [0.25, 0.3) is 5.91 Å². The summed E-state index contributed by atoms with van der Waals surface area (Å²) in [6, 6.07) is 19.6. The Morgan fingerprint density at radius 3 is 2.23 bits per heavy atom. The van der Waals surface area contributed by atoms with E-state index in [0.29, 0.717) is 17.9 Å². The fourth-order valence-electron chi connectivity index (χ4n) is 3.37. The maximum absolute atomic E-state index is 12.2. The number of aliphatic hydroxyl groups is 1. The zero-order valence-corrected chi connectivity index (χ0v) is 19.4. The molecule has 0 aliphatic heterocycles. The predicted octanol–water partition coefficient (Wildman–Crippen LogP) is 2.29. The molecule has 0 aliphatic carbocycles. The minimum absolute atomic E-state index is 0.144. The lowest BCUT2D eigenvalue weighted by Gasteiger charge is -2.22. The number of hydrogen-bond donors (Lipinski definition) is 6. The number of hydrogen-bond acceptors (Lipinski definition) is 7. The number of anilines is 1. The van der Waals surface area contributed by atoms with Crippen molar-refractivity contribution in [2.75, 3.05) is 11.9 Å². The van der Waals surface area contributed by atoms with Crippen molar-refractivity contribution >= 4 is 23.2 Å². The summed E-state index contributed by atoms with van der Waals surface area (Å²) < 4.78 is 0. The number of rotatable bonds is 11. The smallest absolute Gasteiger partial charge is 0.268 e. The van der Waals surface area contributed by atoms with Crippen molar-refractivity contribution in [2.45, 2.75) is 25.6 Å². The van der Waals surface area contributed by atoms with Gasteiger partial charge in [-0.25, -0.2) is 5.48 Å². The Morgan fingerprint density at radius 2 is 1.66 bits per heavy atom.